The molecule has 2 aromatic rings. The van der Waals surface area contributed by atoms with Gasteiger partial charge in [0, 0.05) is 4.47 Å². The van der Waals surface area contributed by atoms with Crippen molar-refractivity contribution in [2.45, 2.75) is 25.7 Å². The summed E-state index contributed by atoms with van der Waals surface area (Å²) >= 11 is 3.51. The van der Waals surface area contributed by atoms with Gasteiger partial charge < -0.3 is 4.74 Å². The number of ether oxygens (including phenoxy) is 1. The number of fused-ring (bicyclic) bond motifs is 3. The van der Waals surface area contributed by atoms with Gasteiger partial charge in [-0.1, -0.05) is 34.5 Å². The fraction of sp³-hybridized carbons (Fsp3) is 0.444. The summed E-state index contributed by atoms with van der Waals surface area (Å²) in [5.41, 5.74) is 0. The third-order valence-corrected chi connectivity index (χ3v) is 5.62. The van der Waals surface area contributed by atoms with Crippen molar-refractivity contribution in [3.8, 4) is 5.75 Å². The maximum Gasteiger partial charge on any atom is 0.119 e. The van der Waals surface area contributed by atoms with Gasteiger partial charge in [-0.25, -0.2) is 0 Å². The molecule has 1 nitrogen and oxygen atoms in total. The van der Waals surface area contributed by atoms with Crippen LogP contribution in [0.15, 0.2) is 40.9 Å². The second-order valence-electron chi connectivity index (χ2n) is 6.40. The van der Waals surface area contributed by atoms with Gasteiger partial charge in [0.25, 0.3) is 0 Å². The molecular formula is C18H19BrO. The van der Waals surface area contributed by atoms with Crippen molar-refractivity contribution in [1.29, 1.82) is 0 Å². The van der Waals surface area contributed by atoms with Crippen molar-refractivity contribution in [3.63, 3.8) is 0 Å². The molecule has 0 aromatic heterocycles. The fourth-order valence-corrected chi connectivity index (χ4v) is 4.45. The second-order valence-corrected chi connectivity index (χ2v) is 7.31. The molecule has 3 unspecified atom stereocenters. The molecule has 2 aliphatic rings. The molecule has 0 amide bonds. The van der Waals surface area contributed by atoms with Crippen LogP contribution in [0.5, 0.6) is 5.75 Å². The van der Waals surface area contributed by atoms with Gasteiger partial charge in [-0.2, -0.15) is 0 Å². The monoisotopic (exact) mass is 330 g/mol. The molecule has 0 heterocycles. The first-order chi connectivity index (χ1) is 9.78. The van der Waals surface area contributed by atoms with E-state index in [0.717, 1.165) is 34.6 Å². The minimum absolute atomic E-state index is 0.800. The lowest BCUT2D eigenvalue weighted by molar-refractivity contribution is 0.195. The Bertz CT molecular complexity index is 636. The molecule has 104 valence electrons. The van der Waals surface area contributed by atoms with E-state index in [-0.39, 0.29) is 0 Å². The molecule has 2 heteroatoms. The Labute approximate surface area is 128 Å². The van der Waals surface area contributed by atoms with Crippen LogP contribution < -0.4 is 4.74 Å². The first-order valence-corrected chi connectivity index (χ1v) is 8.39. The lowest BCUT2D eigenvalue weighted by atomic mass is 9.89. The van der Waals surface area contributed by atoms with Gasteiger partial charge in [-0.05, 0) is 72.1 Å². The van der Waals surface area contributed by atoms with E-state index >= 15 is 0 Å². The van der Waals surface area contributed by atoms with Crippen LogP contribution in [0, 0.1) is 17.8 Å². The second kappa shape index (κ2) is 5.07. The molecule has 0 spiro atoms. The summed E-state index contributed by atoms with van der Waals surface area (Å²) in [6.45, 7) is 0.906. The highest BCUT2D eigenvalue weighted by atomic mass is 79.9. The van der Waals surface area contributed by atoms with E-state index in [2.05, 4.69) is 52.3 Å². The number of benzene rings is 2. The van der Waals surface area contributed by atoms with Crippen molar-refractivity contribution in [2.75, 3.05) is 6.61 Å². The number of halogens is 1. The lowest BCUT2D eigenvalue weighted by Crippen LogP contribution is -2.18. The maximum atomic E-state index is 6.07. The molecule has 3 atom stereocenters. The zero-order chi connectivity index (χ0) is 13.5. The number of hydrogen-bond acceptors (Lipinski definition) is 1. The Morgan fingerprint density at radius 2 is 1.85 bits per heavy atom. The van der Waals surface area contributed by atoms with Crippen molar-refractivity contribution in [3.05, 3.63) is 40.9 Å². The normalized spacial score (nSPS) is 28.1. The molecule has 0 saturated heterocycles. The third-order valence-electron chi connectivity index (χ3n) is 5.12. The Morgan fingerprint density at radius 3 is 2.65 bits per heavy atom. The van der Waals surface area contributed by atoms with Crippen molar-refractivity contribution < 1.29 is 4.74 Å². The molecule has 4 rings (SSSR count). The summed E-state index contributed by atoms with van der Waals surface area (Å²) < 4.78 is 7.19. The standard InChI is InChI=1S/C18H19BrO/c19-17-5-3-15-10-18(6-4-14(15)9-17)20-11-16-8-12-1-2-13(16)7-12/h3-6,9-10,12-13,16H,1-2,7-8,11H2. The quantitative estimate of drug-likeness (QED) is 0.730. The highest BCUT2D eigenvalue weighted by Crippen LogP contribution is 2.48. The number of hydrogen-bond donors (Lipinski definition) is 0. The van der Waals surface area contributed by atoms with Crippen LogP contribution in [-0.2, 0) is 0 Å². The van der Waals surface area contributed by atoms with Crippen LogP contribution in [0.4, 0.5) is 0 Å². The van der Waals surface area contributed by atoms with Crippen LogP contribution in [-0.4, -0.2) is 6.61 Å². The molecule has 0 radical (unpaired) electrons. The highest BCUT2D eigenvalue weighted by Gasteiger charge is 2.39. The molecule has 2 bridgehead atoms. The minimum Gasteiger partial charge on any atom is -0.493 e. The molecular weight excluding hydrogens is 312 g/mol. The topological polar surface area (TPSA) is 9.23 Å². The molecule has 2 aromatic carbocycles. The lowest BCUT2D eigenvalue weighted by Gasteiger charge is -2.21. The Morgan fingerprint density at radius 1 is 1.00 bits per heavy atom. The Hall–Kier alpha value is -1.02. The largest absolute Gasteiger partial charge is 0.493 e. The summed E-state index contributed by atoms with van der Waals surface area (Å²) in [4.78, 5) is 0. The van der Waals surface area contributed by atoms with E-state index in [0.29, 0.717) is 0 Å². The zero-order valence-electron chi connectivity index (χ0n) is 11.5. The average molecular weight is 331 g/mol. The zero-order valence-corrected chi connectivity index (χ0v) is 13.1. The first kappa shape index (κ1) is 12.7. The van der Waals surface area contributed by atoms with Gasteiger partial charge in [0.2, 0.25) is 0 Å². The van der Waals surface area contributed by atoms with Crippen LogP contribution in [0.25, 0.3) is 10.8 Å². The van der Waals surface area contributed by atoms with Gasteiger partial charge in [0.15, 0.2) is 0 Å². The third kappa shape index (κ3) is 2.35. The minimum atomic E-state index is 0.800. The van der Waals surface area contributed by atoms with Gasteiger partial charge in [-0.15, -0.1) is 0 Å². The summed E-state index contributed by atoms with van der Waals surface area (Å²) in [6.07, 6.45) is 5.75. The predicted molar refractivity (Wildman–Crippen MR) is 86.1 cm³/mol. The van der Waals surface area contributed by atoms with Gasteiger partial charge in [-0.3, -0.25) is 0 Å². The summed E-state index contributed by atoms with van der Waals surface area (Å²) in [6, 6.07) is 12.8. The number of rotatable bonds is 3. The molecule has 2 fully saturated rings. The van der Waals surface area contributed by atoms with Crippen LogP contribution in [0.1, 0.15) is 25.7 Å². The molecule has 2 saturated carbocycles. The Balaban J connectivity index is 1.47. The van der Waals surface area contributed by atoms with E-state index in [1.54, 1.807) is 0 Å². The fourth-order valence-electron chi connectivity index (χ4n) is 4.07. The van der Waals surface area contributed by atoms with Gasteiger partial charge >= 0.3 is 0 Å². The average Bonchev–Trinajstić information content (AvgIpc) is 3.07. The van der Waals surface area contributed by atoms with Crippen molar-refractivity contribution in [2.24, 2.45) is 17.8 Å². The van der Waals surface area contributed by atoms with E-state index in [9.17, 15) is 0 Å². The molecule has 20 heavy (non-hydrogen) atoms. The Kier molecular flexibility index (Phi) is 3.22. The van der Waals surface area contributed by atoms with E-state index in [1.165, 1.54) is 36.5 Å². The van der Waals surface area contributed by atoms with Crippen LogP contribution in [0.2, 0.25) is 0 Å². The van der Waals surface area contributed by atoms with Gasteiger partial charge in [0.05, 0.1) is 6.61 Å². The first-order valence-electron chi connectivity index (χ1n) is 7.60. The van der Waals surface area contributed by atoms with E-state index < -0.39 is 0 Å². The maximum absolute atomic E-state index is 6.07. The molecule has 2 aliphatic carbocycles. The van der Waals surface area contributed by atoms with Crippen molar-refractivity contribution in [1.82, 2.24) is 0 Å². The smallest absolute Gasteiger partial charge is 0.119 e. The molecule has 0 N–H and O–H groups in total. The highest BCUT2D eigenvalue weighted by molar-refractivity contribution is 9.10. The van der Waals surface area contributed by atoms with Crippen molar-refractivity contribution >= 4 is 26.7 Å². The van der Waals surface area contributed by atoms with E-state index in [1.807, 2.05) is 0 Å². The summed E-state index contributed by atoms with van der Waals surface area (Å²) in [7, 11) is 0. The molecule has 0 aliphatic heterocycles. The van der Waals surface area contributed by atoms with Crippen LogP contribution in [0.3, 0.4) is 0 Å². The van der Waals surface area contributed by atoms with Gasteiger partial charge in [0.1, 0.15) is 5.75 Å². The summed E-state index contributed by atoms with van der Waals surface area (Å²) in [5.74, 6) is 3.76. The van der Waals surface area contributed by atoms with E-state index in [4.69, 9.17) is 4.74 Å². The predicted octanol–water partition coefficient (Wildman–Crippen LogP) is 5.42. The van der Waals surface area contributed by atoms with Crippen LogP contribution >= 0.6 is 15.9 Å². The summed E-state index contributed by atoms with van der Waals surface area (Å²) in [5, 5.41) is 2.50. The SMILES string of the molecule is Brc1ccc2cc(OCC3CC4CCC3C4)ccc2c1.